The first-order valence-electron chi connectivity index (χ1n) is 26.6. The van der Waals surface area contributed by atoms with Crippen LogP contribution in [0.5, 0.6) is 0 Å². The smallest absolute Gasteiger partial charge is 0.179 e. The molecule has 0 aliphatic carbocycles. The van der Waals surface area contributed by atoms with Gasteiger partial charge in [-0.25, -0.2) is 0 Å². The van der Waals surface area contributed by atoms with Gasteiger partial charge in [0.15, 0.2) is 6.20 Å². The average Bonchev–Trinajstić information content (AvgIpc) is 3.85. The van der Waals surface area contributed by atoms with Crippen LogP contribution in [0.3, 0.4) is 0 Å². The number of nitrogens with zero attached hydrogens (tertiary/aromatic N) is 1. The quantitative estimate of drug-likeness (QED) is 0.0848. The molecule has 11 aromatic carbocycles. The van der Waals surface area contributed by atoms with E-state index >= 15 is 0 Å². The zero-order valence-corrected chi connectivity index (χ0v) is 42.6. The molecule has 77 heavy (non-hydrogen) atoms. The van der Waals surface area contributed by atoms with Crippen molar-refractivity contribution >= 4 is 22.3 Å². The molecular formula is C76H54N+. The lowest BCUT2D eigenvalue weighted by atomic mass is 9.76. The molecule has 0 amide bonds. The number of benzene rings is 11. The van der Waals surface area contributed by atoms with Crippen LogP contribution >= 0.6 is 0 Å². The molecule has 0 atom stereocenters. The molecule has 0 saturated carbocycles. The minimum atomic E-state index is -0.675. The van der Waals surface area contributed by atoms with Crippen molar-refractivity contribution in [3.8, 4) is 33.5 Å². The maximum Gasteiger partial charge on any atom is 0.245 e. The number of aromatic nitrogens is 1. The minimum Gasteiger partial charge on any atom is -0.179 e. The van der Waals surface area contributed by atoms with E-state index in [4.69, 9.17) is 0 Å². The van der Waals surface area contributed by atoms with Crippen molar-refractivity contribution in [1.82, 2.24) is 0 Å². The summed E-state index contributed by atoms with van der Waals surface area (Å²) in [5, 5.41) is 0. The fraction of sp³-hybridized carbons (Fsp3) is 0.0132. The van der Waals surface area contributed by atoms with Crippen molar-refractivity contribution in [2.45, 2.75) is 5.54 Å². The van der Waals surface area contributed by atoms with Crippen LogP contribution in [-0.4, -0.2) is 0 Å². The molecule has 1 heteroatoms. The summed E-state index contributed by atoms with van der Waals surface area (Å²) < 4.78 is 2.54. The topological polar surface area (TPSA) is 3.88 Å². The van der Waals surface area contributed by atoms with E-state index < -0.39 is 5.54 Å². The number of fused-ring (bicyclic) bond motifs is 3. The summed E-state index contributed by atoms with van der Waals surface area (Å²) in [7, 11) is 0. The summed E-state index contributed by atoms with van der Waals surface area (Å²) in [5.74, 6) is 0. The standard InChI is InChI=1S/C76H54N/c1-9-25-57(26-10-1)72(58-27-11-2-12-28-58)74(61-33-17-5-18-34-61)63-45-41-55(42-46-63)65-49-51-69-70(53-65)76(67-37-21-7-22-38-67,68-39-23-8-24-40-68)77-54-66(50-52-71(69)77)56-43-47-64(48-44-56)75(62-35-19-6-20-36-62)73(59-29-13-3-14-30-59)60-31-15-4-16-32-60/h1-54H/q+1. The van der Waals surface area contributed by atoms with Crippen LogP contribution in [0.15, 0.2) is 328 Å². The van der Waals surface area contributed by atoms with Gasteiger partial charge in [-0.2, -0.15) is 4.57 Å². The minimum absolute atomic E-state index is 0.675. The first kappa shape index (κ1) is 46.8. The van der Waals surface area contributed by atoms with E-state index in [1.165, 1.54) is 89.2 Å². The molecule has 1 aliphatic rings. The Labute approximate surface area is 452 Å². The normalized spacial score (nSPS) is 12.0. The summed E-state index contributed by atoms with van der Waals surface area (Å²) in [6.07, 6.45) is 2.39. The van der Waals surface area contributed by atoms with Crippen molar-refractivity contribution in [2.24, 2.45) is 0 Å². The fourth-order valence-corrected chi connectivity index (χ4v) is 11.8. The lowest BCUT2D eigenvalue weighted by Gasteiger charge is -2.28. The van der Waals surface area contributed by atoms with Gasteiger partial charge in [0, 0.05) is 28.3 Å². The van der Waals surface area contributed by atoms with E-state index in [2.05, 4.69) is 332 Å². The maximum atomic E-state index is 2.54. The molecule has 13 rings (SSSR count). The molecule has 1 aliphatic heterocycles. The lowest BCUT2D eigenvalue weighted by molar-refractivity contribution is -0.718. The molecular weight excluding hydrogens is 927 g/mol. The van der Waals surface area contributed by atoms with Crippen LogP contribution in [0, 0.1) is 0 Å². The summed E-state index contributed by atoms with van der Waals surface area (Å²) in [6, 6.07) is 117. The first-order valence-corrected chi connectivity index (χ1v) is 26.6. The molecule has 12 aromatic rings. The highest BCUT2D eigenvalue weighted by molar-refractivity contribution is 6.06. The van der Waals surface area contributed by atoms with Gasteiger partial charge in [0.1, 0.15) is 0 Å². The van der Waals surface area contributed by atoms with Gasteiger partial charge in [-0.05, 0) is 102 Å². The van der Waals surface area contributed by atoms with Crippen LogP contribution in [0.25, 0.3) is 55.8 Å². The Bertz CT molecular complexity index is 3680. The van der Waals surface area contributed by atoms with Gasteiger partial charge in [0.05, 0.1) is 5.56 Å². The predicted octanol–water partition coefficient (Wildman–Crippen LogP) is 18.1. The van der Waals surface area contributed by atoms with Gasteiger partial charge >= 0.3 is 0 Å². The molecule has 0 saturated heterocycles. The number of pyridine rings is 1. The van der Waals surface area contributed by atoms with Crippen LogP contribution in [-0.2, 0) is 5.54 Å². The summed E-state index contributed by atoms with van der Waals surface area (Å²) in [4.78, 5) is 0. The van der Waals surface area contributed by atoms with Gasteiger partial charge in [0.2, 0.25) is 11.2 Å². The fourth-order valence-electron chi connectivity index (χ4n) is 11.8. The van der Waals surface area contributed by atoms with Gasteiger partial charge < -0.3 is 0 Å². The van der Waals surface area contributed by atoms with Crippen LogP contribution in [0.4, 0.5) is 0 Å². The Morgan fingerprint density at radius 2 is 0.506 bits per heavy atom. The second-order valence-corrected chi connectivity index (χ2v) is 19.7. The molecule has 1 nitrogen and oxygen atoms in total. The maximum absolute atomic E-state index is 2.54. The Morgan fingerprint density at radius 1 is 0.234 bits per heavy atom. The largest absolute Gasteiger partial charge is 0.245 e. The van der Waals surface area contributed by atoms with Crippen molar-refractivity contribution in [3.63, 3.8) is 0 Å². The van der Waals surface area contributed by atoms with Gasteiger partial charge in [-0.15, -0.1) is 0 Å². The summed E-state index contributed by atoms with van der Waals surface area (Å²) >= 11 is 0. The molecule has 0 spiro atoms. The number of hydrogen-bond acceptors (Lipinski definition) is 0. The molecule has 1 aromatic heterocycles. The molecule has 0 bridgehead atoms. The average molecular weight is 981 g/mol. The third-order valence-corrected chi connectivity index (χ3v) is 15.3. The lowest BCUT2D eigenvalue weighted by Crippen LogP contribution is -2.56. The molecule has 362 valence electrons. The summed E-state index contributed by atoms with van der Waals surface area (Å²) in [5.41, 5.74) is 24.2. The molecule has 0 N–H and O–H groups in total. The highest BCUT2D eigenvalue weighted by atomic mass is 15.1. The first-order chi connectivity index (χ1) is 38.2. The van der Waals surface area contributed by atoms with E-state index in [0.717, 1.165) is 27.8 Å². The van der Waals surface area contributed by atoms with Crippen LogP contribution in [0.1, 0.15) is 61.2 Å². The SMILES string of the molecule is c1ccc(C(=C(c2ccccc2)c2ccc(-c3ccc4c(c3)C(c3ccccc3)(c3ccccc3)[n+]3cc(-c5ccc(C(=C(c6ccccc6)c6ccccc6)c6ccccc6)cc5)ccc3-4)cc2)c2ccccc2)cc1. The van der Waals surface area contributed by atoms with Crippen LogP contribution < -0.4 is 4.57 Å². The Kier molecular flexibility index (Phi) is 12.6. The van der Waals surface area contributed by atoms with Crippen molar-refractivity contribution in [3.05, 3.63) is 389 Å². The monoisotopic (exact) mass is 980 g/mol. The summed E-state index contributed by atoms with van der Waals surface area (Å²) in [6.45, 7) is 0. The van der Waals surface area contributed by atoms with Crippen LogP contribution in [0.2, 0.25) is 0 Å². The van der Waals surface area contributed by atoms with Crippen molar-refractivity contribution in [1.29, 1.82) is 0 Å². The van der Waals surface area contributed by atoms with Gasteiger partial charge in [-0.3, -0.25) is 0 Å². The molecule has 0 radical (unpaired) electrons. The third kappa shape index (κ3) is 8.74. The Balaban J connectivity index is 0.944. The number of hydrogen-bond donors (Lipinski definition) is 0. The Morgan fingerprint density at radius 3 is 0.844 bits per heavy atom. The molecule has 2 heterocycles. The van der Waals surface area contributed by atoms with Gasteiger partial charge in [0.25, 0.3) is 0 Å². The second-order valence-electron chi connectivity index (χ2n) is 19.7. The van der Waals surface area contributed by atoms with E-state index in [9.17, 15) is 0 Å². The predicted molar refractivity (Wildman–Crippen MR) is 320 cm³/mol. The van der Waals surface area contributed by atoms with Gasteiger partial charge in [-0.1, -0.05) is 297 Å². The highest BCUT2D eigenvalue weighted by Crippen LogP contribution is 2.48. The zero-order valence-electron chi connectivity index (χ0n) is 42.6. The van der Waals surface area contributed by atoms with E-state index in [-0.39, 0.29) is 0 Å². The second kappa shape index (κ2) is 20.8. The van der Waals surface area contributed by atoms with Crippen molar-refractivity contribution < 1.29 is 4.57 Å². The molecule has 0 fully saturated rings. The molecule has 0 unspecified atom stereocenters. The highest BCUT2D eigenvalue weighted by Gasteiger charge is 2.54. The van der Waals surface area contributed by atoms with E-state index in [1.807, 2.05) is 0 Å². The number of rotatable bonds is 12. The van der Waals surface area contributed by atoms with Crippen molar-refractivity contribution in [2.75, 3.05) is 0 Å². The third-order valence-electron chi connectivity index (χ3n) is 15.3. The zero-order chi connectivity index (χ0) is 51.4. The van der Waals surface area contributed by atoms with E-state index in [0.29, 0.717) is 0 Å². The Hall–Kier alpha value is -9.95. The van der Waals surface area contributed by atoms with E-state index in [1.54, 1.807) is 0 Å².